The molecule has 3 rings (SSSR count). The van der Waals surface area contributed by atoms with Crippen molar-refractivity contribution in [2.75, 3.05) is 31.7 Å². The Balaban J connectivity index is 1.78. The van der Waals surface area contributed by atoms with Crippen LogP contribution < -0.4 is 11.1 Å². The van der Waals surface area contributed by atoms with Crippen molar-refractivity contribution in [2.24, 2.45) is 11.7 Å². The smallest absolute Gasteiger partial charge is 0.282 e. The number of carbonyl (C=O) groups is 2. The molecule has 1 atom stereocenters. The van der Waals surface area contributed by atoms with Crippen LogP contribution in [0.1, 0.15) is 39.0 Å². The molecule has 0 aromatic rings. The predicted octanol–water partition coefficient (Wildman–Crippen LogP) is 2.97. The zero-order valence-corrected chi connectivity index (χ0v) is 18.9. The lowest BCUT2D eigenvalue weighted by molar-refractivity contribution is -0.125. The summed E-state index contributed by atoms with van der Waals surface area (Å²) in [6.45, 7) is 1.75. The van der Waals surface area contributed by atoms with E-state index in [-0.39, 0.29) is 19.0 Å². The van der Waals surface area contributed by atoms with E-state index in [4.69, 9.17) is 10.5 Å². The highest BCUT2D eigenvalue weighted by Crippen LogP contribution is 2.36. The van der Waals surface area contributed by atoms with Crippen LogP contribution in [0.4, 0.5) is 8.78 Å². The zero-order valence-electron chi connectivity index (χ0n) is 18.1. The van der Waals surface area contributed by atoms with E-state index in [0.717, 1.165) is 18.4 Å². The second-order valence-electron chi connectivity index (χ2n) is 8.51. The molecule has 3 aliphatic rings. The predicted molar refractivity (Wildman–Crippen MR) is 117 cm³/mol. The van der Waals surface area contributed by atoms with Crippen LogP contribution in [0.5, 0.6) is 0 Å². The third-order valence-corrected chi connectivity index (χ3v) is 6.40. The first-order chi connectivity index (χ1) is 14.7. The van der Waals surface area contributed by atoms with Crippen molar-refractivity contribution in [3.63, 3.8) is 0 Å². The molecular formula is C22H31F2N3O3S. The van der Waals surface area contributed by atoms with Gasteiger partial charge >= 0.3 is 0 Å². The molecule has 0 aromatic carbocycles. The summed E-state index contributed by atoms with van der Waals surface area (Å²) in [4.78, 5) is 26.2. The summed E-state index contributed by atoms with van der Waals surface area (Å²) in [6, 6.07) is -0.749. The molecule has 0 aromatic heterocycles. The number of nitrogens with two attached hydrogens (primary N) is 1. The molecule has 2 amide bonds. The Morgan fingerprint density at radius 3 is 2.61 bits per heavy atom. The van der Waals surface area contributed by atoms with E-state index in [1.165, 1.54) is 0 Å². The molecule has 1 heterocycles. The summed E-state index contributed by atoms with van der Waals surface area (Å²) < 4.78 is 33.1. The van der Waals surface area contributed by atoms with Crippen LogP contribution in [0, 0.1) is 5.92 Å². The topological polar surface area (TPSA) is 84.7 Å². The van der Waals surface area contributed by atoms with Crippen LogP contribution in [-0.2, 0) is 14.3 Å². The molecule has 172 valence electrons. The standard InChI is InChI=1S/C22H31F2N3O3S/c1-14-3-8-19(30-11-15-4-5-15)18(27-12-22(23,24)13-27)7-6-16(14)21(29)26-17(20(25)28)9-10-31-2/h6-7,15,17H,3-5,8-13H2,1-2H3,(H2,25,28)(H,26,29). The number of hydrogen-bond acceptors (Lipinski definition) is 5. The van der Waals surface area contributed by atoms with E-state index in [9.17, 15) is 18.4 Å². The van der Waals surface area contributed by atoms with Crippen LogP contribution in [0.15, 0.2) is 34.8 Å². The molecule has 3 N–H and O–H groups in total. The average Bonchev–Trinajstić information content (AvgIpc) is 3.50. The molecule has 6 nitrogen and oxygen atoms in total. The number of nitrogens with one attached hydrogen (secondary N) is 1. The van der Waals surface area contributed by atoms with Crippen molar-refractivity contribution < 1.29 is 23.1 Å². The van der Waals surface area contributed by atoms with Gasteiger partial charge in [0.25, 0.3) is 11.8 Å². The molecule has 2 fully saturated rings. The summed E-state index contributed by atoms with van der Waals surface area (Å²) in [5.41, 5.74) is 7.33. The molecular weight excluding hydrogens is 424 g/mol. The Morgan fingerprint density at radius 2 is 2.03 bits per heavy atom. The number of carbonyl (C=O) groups excluding carboxylic acids is 2. The minimum atomic E-state index is -2.71. The third kappa shape index (κ3) is 6.48. The van der Waals surface area contributed by atoms with Crippen molar-refractivity contribution in [1.82, 2.24) is 10.2 Å². The van der Waals surface area contributed by atoms with Crippen LogP contribution >= 0.6 is 11.8 Å². The second-order valence-corrected chi connectivity index (χ2v) is 9.50. The van der Waals surface area contributed by atoms with Gasteiger partial charge in [0.2, 0.25) is 5.91 Å². The van der Waals surface area contributed by atoms with Gasteiger partial charge in [-0.05, 0) is 62.7 Å². The Kier molecular flexibility index (Phi) is 7.67. The van der Waals surface area contributed by atoms with Gasteiger partial charge in [0.05, 0.1) is 25.4 Å². The highest BCUT2D eigenvalue weighted by Gasteiger charge is 2.45. The van der Waals surface area contributed by atoms with Crippen molar-refractivity contribution in [1.29, 1.82) is 0 Å². The number of thioether (sulfide) groups is 1. The first-order valence-electron chi connectivity index (χ1n) is 10.7. The van der Waals surface area contributed by atoms with E-state index in [2.05, 4.69) is 5.32 Å². The van der Waals surface area contributed by atoms with Gasteiger partial charge in [0.15, 0.2) is 0 Å². The summed E-state index contributed by atoms with van der Waals surface area (Å²) in [5, 5.41) is 2.73. The monoisotopic (exact) mass is 455 g/mol. The van der Waals surface area contributed by atoms with Crippen LogP contribution in [0.25, 0.3) is 0 Å². The number of halogens is 2. The van der Waals surface area contributed by atoms with Crippen LogP contribution in [-0.4, -0.2) is 60.4 Å². The van der Waals surface area contributed by atoms with Crippen molar-refractivity contribution in [3.05, 3.63) is 34.8 Å². The SMILES string of the molecule is CSCCC(NC(=O)C1=C(C)CCC(OCC2CC2)=C(N2CC(F)(F)C2)C=C1)C(N)=O. The van der Waals surface area contributed by atoms with Gasteiger partial charge in [-0.1, -0.05) is 5.57 Å². The second kappa shape index (κ2) is 10.1. The van der Waals surface area contributed by atoms with E-state index < -0.39 is 17.9 Å². The third-order valence-electron chi connectivity index (χ3n) is 5.76. The van der Waals surface area contributed by atoms with Gasteiger partial charge in [0.1, 0.15) is 11.8 Å². The number of rotatable bonds is 10. The van der Waals surface area contributed by atoms with Gasteiger partial charge in [-0.25, -0.2) is 8.78 Å². The molecule has 1 saturated heterocycles. The Bertz CT molecular complexity index is 798. The largest absolute Gasteiger partial charge is 0.495 e. The highest BCUT2D eigenvalue weighted by molar-refractivity contribution is 7.98. The molecule has 0 radical (unpaired) electrons. The number of likely N-dealkylation sites (tertiary alicyclic amines) is 1. The van der Waals surface area contributed by atoms with Crippen molar-refractivity contribution >= 4 is 23.6 Å². The lowest BCUT2D eigenvalue weighted by Gasteiger charge is -2.42. The maximum atomic E-state index is 13.5. The zero-order chi connectivity index (χ0) is 22.6. The maximum absolute atomic E-state index is 13.5. The molecule has 1 unspecified atom stereocenters. The number of alkyl halides is 2. The molecule has 0 spiro atoms. The normalized spacial score (nSPS) is 21.9. The van der Waals surface area contributed by atoms with Gasteiger partial charge in [0, 0.05) is 12.0 Å². The fourth-order valence-corrected chi connectivity index (χ4v) is 4.07. The summed E-state index contributed by atoms with van der Waals surface area (Å²) in [7, 11) is 0. The van der Waals surface area contributed by atoms with Crippen LogP contribution in [0.3, 0.4) is 0 Å². The maximum Gasteiger partial charge on any atom is 0.282 e. The molecule has 31 heavy (non-hydrogen) atoms. The molecule has 0 bridgehead atoms. The lowest BCUT2D eigenvalue weighted by atomic mass is 9.97. The van der Waals surface area contributed by atoms with Gasteiger partial charge in [-0.15, -0.1) is 0 Å². The minimum Gasteiger partial charge on any atom is -0.495 e. The molecule has 1 saturated carbocycles. The molecule has 9 heteroatoms. The Labute approximate surface area is 186 Å². The number of ether oxygens (including phenoxy) is 1. The number of hydrogen-bond donors (Lipinski definition) is 2. The van der Waals surface area contributed by atoms with Gasteiger partial charge in [-0.2, -0.15) is 11.8 Å². The summed E-state index contributed by atoms with van der Waals surface area (Å²) in [6.07, 6.45) is 9.07. The first kappa shape index (κ1) is 23.6. The lowest BCUT2D eigenvalue weighted by Crippen LogP contribution is -2.55. The Morgan fingerprint density at radius 1 is 1.32 bits per heavy atom. The number of allylic oxidation sites excluding steroid dienone is 3. The van der Waals surface area contributed by atoms with E-state index >= 15 is 0 Å². The number of primary amides is 1. The minimum absolute atomic E-state index is 0.356. The summed E-state index contributed by atoms with van der Waals surface area (Å²) >= 11 is 1.57. The fourth-order valence-electron chi connectivity index (χ4n) is 3.60. The molecule has 1 aliphatic heterocycles. The van der Waals surface area contributed by atoms with Gasteiger partial charge in [-0.3, -0.25) is 9.59 Å². The van der Waals surface area contributed by atoms with Crippen molar-refractivity contribution in [2.45, 2.75) is 51.0 Å². The summed E-state index contributed by atoms with van der Waals surface area (Å²) in [5.74, 6) is -1.72. The number of nitrogens with zero attached hydrogens (tertiary/aromatic N) is 1. The fraction of sp³-hybridized carbons (Fsp3) is 0.636. The average molecular weight is 456 g/mol. The van der Waals surface area contributed by atoms with Gasteiger partial charge < -0.3 is 20.7 Å². The van der Waals surface area contributed by atoms with E-state index in [1.54, 1.807) is 28.8 Å². The van der Waals surface area contributed by atoms with Crippen LogP contribution in [0.2, 0.25) is 0 Å². The Hall–Kier alpha value is -2.03. The van der Waals surface area contributed by atoms with E-state index in [1.807, 2.05) is 13.2 Å². The van der Waals surface area contributed by atoms with E-state index in [0.29, 0.717) is 54.6 Å². The van der Waals surface area contributed by atoms with Crippen molar-refractivity contribution in [3.8, 4) is 0 Å². The highest BCUT2D eigenvalue weighted by atomic mass is 32.2. The quantitative estimate of drug-likeness (QED) is 0.529. The number of amides is 2. The first-order valence-corrected chi connectivity index (χ1v) is 12.0. The molecule has 2 aliphatic carbocycles.